The van der Waals surface area contributed by atoms with Gasteiger partial charge in [-0.3, -0.25) is 0 Å². The lowest BCUT2D eigenvalue weighted by Gasteiger charge is -2.01. The molecule has 0 fully saturated rings. The van der Waals surface area contributed by atoms with Gasteiger partial charge in [0.15, 0.2) is 11.5 Å². The number of phenols is 2. The Hall–Kier alpha value is -4.40. The molecular weight excluding hydrogens is 414 g/mol. The van der Waals surface area contributed by atoms with E-state index in [1.807, 2.05) is 30.3 Å². The molecule has 0 aliphatic carbocycles. The normalized spacial score (nSPS) is 11.1. The van der Waals surface area contributed by atoms with Crippen LogP contribution in [-0.2, 0) is 32.2 Å². The van der Waals surface area contributed by atoms with Gasteiger partial charge in [-0.25, -0.2) is 14.3 Å². The first-order valence-electron chi connectivity index (χ1n) is 9.65. The first kappa shape index (κ1) is 22.3. The number of aromatic nitrogens is 3. The summed E-state index contributed by atoms with van der Waals surface area (Å²) in [6, 6.07) is 13.6. The molecule has 0 radical (unpaired) electrons. The van der Waals surface area contributed by atoms with Gasteiger partial charge in [0.2, 0.25) is 0 Å². The highest BCUT2D eigenvalue weighted by Crippen LogP contribution is 2.25. The average Bonchev–Trinajstić information content (AvgIpc) is 3.25. The van der Waals surface area contributed by atoms with Crippen molar-refractivity contribution >= 4 is 24.1 Å². The largest absolute Gasteiger partial charge is 0.504 e. The van der Waals surface area contributed by atoms with Crippen molar-refractivity contribution in [3.05, 3.63) is 83.7 Å². The van der Waals surface area contributed by atoms with E-state index < -0.39 is 11.9 Å². The summed E-state index contributed by atoms with van der Waals surface area (Å²) >= 11 is 0. The van der Waals surface area contributed by atoms with Crippen molar-refractivity contribution in [3.8, 4) is 11.5 Å². The van der Waals surface area contributed by atoms with Gasteiger partial charge in [0, 0.05) is 12.2 Å². The fourth-order valence-corrected chi connectivity index (χ4v) is 2.53. The first-order chi connectivity index (χ1) is 15.5. The summed E-state index contributed by atoms with van der Waals surface area (Å²) in [5.74, 6) is -1.59. The first-order valence-corrected chi connectivity index (χ1v) is 9.65. The number of esters is 2. The number of ether oxygens (including phenoxy) is 2. The number of nitrogens with zero attached hydrogens (tertiary/aromatic N) is 3. The summed E-state index contributed by atoms with van der Waals surface area (Å²) in [7, 11) is 0. The van der Waals surface area contributed by atoms with Gasteiger partial charge in [-0.2, -0.15) is 0 Å². The van der Waals surface area contributed by atoms with Crippen molar-refractivity contribution < 1.29 is 29.3 Å². The molecular formula is C23H21N3O6. The second-order valence-corrected chi connectivity index (χ2v) is 6.57. The van der Waals surface area contributed by atoms with Crippen LogP contribution in [0.15, 0.2) is 66.9 Å². The van der Waals surface area contributed by atoms with Gasteiger partial charge in [-0.1, -0.05) is 41.6 Å². The smallest absolute Gasteiger partial charge is 0.331 e. The molecule has 0 aliphatic rings. The molecule has 3 rings (SSSR count). The molecule has 2 aromatic carbocycles. The number of aromatic hydroxyl groups is 2. The number of carbonyl (C=O) groups is 2. The predicted molar refractivity (Wildman–Crippen MR) is 115 cm³/mol. The zero-order chi connectivity index (χ0) is 22.8. The number of hydrogen-bond donors (Lipinski definition) is 2. The van der Waals surface area contributed by atoms with E-state index in [4.69, 9.17) is 9.47 Å². The van der Waals surface area contributed by atoms with Crippen LogP contribution in [0.3, 0.4) is 0 Å². The van der Waals surface area contributed by atoms with Crippen LogP contribution in [0.25, 0.3) is 12.2 Å². The molecule has 2 N–H and O–H groups in total. The topological polar surface area (TPSA) is 124 Å². The molecule has 0 saturated heterocycles. The van der Waals surface area contributed by atoms with Crippen molar-refractivity contribution in [2.45, 2.75) is 13.2 Å². The zero-order valence-electron chi connectivity index (χ0n) is 17.0. The minimum Gasteiger partial charge on any atom is -0.504 e. The Morgan fingerprint density at radius 3 is 2.38 bits per heavy atom. The highest BCUT2D eigenvalue weighted by Gasteiger charge is 2.05. The van der Waals surface area contributed by atoms with E-state index in [0.717, 1.165) is 5.56 Å². The van der Waals surface area contributed by atoms with Crippen LogP contribution < -0.4 is 0 Å². The quantitative estimate of drug-likeness (QED) is 0.299. The van der Waals surface area contributed by atoms with Gasteiger partial charge >= 0.3 is 11.9 Å². The molecule has 0 saturated carbocycles. The Balaban J connectivity index is 1.38. The van der Waals surface area contributed by atoms with E-state index >= 15 is 0 Å². The third-order valence-corrected chi connectivity index (χ3v) is 4.14. The Bertz CT molecular complexity index is 1120. The van der Waals surface area contributed by atoms with Crippen LogP contribution in [0.2, 0.25) is 0 Å². The van der Waals surface area contributed by atoms with Crippen LogP contribution in [0, 0.1) is 0 Å². The molecule has 0 amide bonds. The van der Waals surface area contributed by atoms with Gasteiger partial charge in [0.25, 0.3) is 0 Å². The molecule has 9 heteroatoms. The SMILES string of the molecule is O=C(/C=C/c1ccccc1)OCCn1cc(COC(=O)/C=C/c2ccc(O)c(O)c2)nn1. The maximum Gasteiger partial charge on any atom is 0.331 e. The second kappa shape index (κ2) is 11.1. The van der Waals surface area contributed by atoms with Gasteiger partial charge in [0.05, 0.1) is 12.7 Å². The Kier molecular flexibility index (Phi) is 7.74. The van der Waals surface area contributed by atoms with Crippen LogP contribution in [0.5, 0.6) is 11.5 Å². The summed E-state index contributed by atoms with van der Waals surface area (Å²) in [6.07, 6.45) is 7.25. The fourth-order valence-electron chi connectivity index (χ4n) is 2.53. The maximum atomic E-state index is 11.8. The molecule has 0 atom stereocenters. The third kappa shape index (κ3) is 7.13. The second-order valence-electron chi connectivity index (χ2n) is 6.57. The summed E-state index contributed by atoms with van der Waals surface area (Å²) in [6.45, 7) is 0.336. The van der Waals surface area contributed by atoms with E-state index in [-0.39, 0.29) is 24.7 Å². The molecule has 0 bridgehead atoms. The molecule has 9 nitrogen and oxygen atoms in total. The van der Waals surface area contributed by atoms with E-state index in [1.54, 1.807) is 12.3 Å². The van der Waals surface area contributed by atoms with Crippen molar-refractivity contribution in [2.24, 2.45) is 0 Å². The number of phenolic OH excluding ortho intramolecular Hbond substituents is 2. The summed E-state index contributed by atoms with van der Waals surface area (Å²) in [5, 5.41) is 26.5. The molecule has 32 heavy (non-hydrogen) atoms. The Labute approximate surface area is 183 Å². The fraction of sp³-hybridized carbons (Fsp3) is 0.130. The van der Waals surface area contributed by atoms with E-state index in [9.17, 15) is 19.8 Å². The number of carbonyl (C=O) groups excluding carboxylic acids is 2. The van der Waals surface area contributed by atoms with E-state index in [0.29, 0.717) is 17.8 Å². The Morgan fingerprint density at radius 2 is 1.62 bits per heavy atom. The summed E-state index contributed by atoms with van der Waals surface area (Å²) in [5.41, 5.74) is 1.86. The Morgan fingerprint density at radius 1 is 0.906 bits per heavy atom. The average molecular weight is 435 g/mol. The molecule has 0 spiro atoms. The van der Waals surface area contributed by atoms with Gasteiger partial charge in [0.1, 0.15) is 18.9 Å². The van der Waals surface area contributed by atoms with Crippen molar-refractivity contribution in [1.82, 2.24) is 15.0 Å². The standard InChI is InChI=1S/C23H21N3O6/c27-20-9-6-18(14-21(20)28)8-11-23(30)32-16-19-15-26(25-24-19)12-13-31-22(29)10-7-17-4-2-1-3-5-17/h1-11,14-15,27-28H,12-13,16H2/b10-7+,11-8+. The molecule has 0 aliphatic heterocycles. The molecule has 164 valence electrons. The zero-order valence-corrected chi connectivity index (χ0v) is 17.0. The summed E-state index contributed by atoms with van der Waals surface area (Å²) < 4.78 is 11.7. The number of benzene rings is 2. The highest BCUT2D eigenvalue weighted by molar-refractivity contribution is 5.87. The number of rotatable bonds is 9. The van der Waals surface area contributed by atoms with Crippen molar-refractivity contribution in [3.63, 3.8) is 0 Å². The van der Waals surface area contributed by atoms with Crippen LogP contribution in [-0.4, -0.2) is 43.8 Å². The van der Waals surface area contributed by atoms with Crippen LogP contribution in [0.4, 0.5) is 0 Å². The van der Waals surface area contributed by atoms with Gasteiger partial charge in [-0.05, 0) is 35.4 Å². The van der Waals surface area contributed by atoms with Crippen molar-refractivity contribution in [2.75, 3.05) is 6.61 Å². The third-order valence-electron chi connectivity index (χ3n) is 4.14. The predicted octanol–water partition coefficient (Wildman–Crippen LogP) is 2.70. The molecule has 1 aromatic heterocycles. The lowest BCUT2D eigenvalue weighted by atomic mass is 10.2. The minimum atomic E-state index is -0.605. The van der Waals surface area contributed by atoms with Crippen LogP contribution >= 0.6 is 0 Å². The van der Waals surface area contributed by atoms with Crippen LogP contribution in [0.1, 0.15) is 16.8 Å². The number of hydrogen-bond acceptors (Lipinski definition) is 8. The summed E-state index contributed by atoms with van der Waals surface area (Å²) in [4.78, 5) is 23.6. The van der Waals surface area contributed by atoms with E-state index in [1.165, 1.54) is 41.1 Å². The minimum absolute atomic E-state index is 0.0798. The van der Waals surface area contributed by atoms with E-state index in [2.05, 4.69) is 10.3 Å². The lowest BCUT2D eigenvalue weighted by molar-refractivity contribution is -0.139. The van der Waals surface area contributed by atoms with Crippen molar-refractivity contribution in [1.29, 1.82) is 0 Å². The van der Waals surface area contributed by atoms with Gasteiger partial charge < -0.3 is 19.7 Å². The lowest BCUT2D eigenvalue weighted by Crippen LogP contribution is -2.10. The molecule has 1 heterocycles. The monoisotopic (exact) mass is 435 g/mol. The molecule has 0 unspecified atom stereocenters. The van der Waals surface area contributed by atoms with Gasteiger partial charge in [-0.15, -0.1) is 5.10 Å². The maximum absolute atomic E-state index is 11.8. The molecule has 3 aromatic rings. The highest BCUT2D eigenvalue weighted by atomic mass is 16.5.